The highest BCUT2D eigenvalue weighted by molar-refractivity contribution is 6.53. The Balaban J connectivity index is 1.30. The summed E-state index contributed by atoms with van der Waals surface area (Å²) < 4.78 is 33.3. The molecule has 1 heterocycles. The van der Waals surface area contributed by atoms with E-state index in [1.165, 1.54) is 18.2 Å². The molecule has 1 aliphatic heterocycles. The SMILES string of the molecule is O=C(Nc1ccc(F)c(NC(=O)C2CCOC2)c1F)c1cc(NC(=O)C2[C@H](c3ccc(Cl)c(Cl)c3)C2(Cl)Cl)ccc1Cl. The highest BCUT2D eigenvalue weighted by atomic mass is 35.5. The molecule has 3 aromatic carbocycles. The lowest BCUT2D eigenvalue weighted by Crippen LogP contribution is -2.24. The molecular weight excluding hydrogens is 658 g/mol. The third kappa shape index (κ3) is 6.18. The van der Waals surface area contributed by atoms with Crippen molar-refractivity contribution in [2.75, 3.05) is 29.2 Å². The van der Waals surface area contributed by atoms with Crippen LogP contribution >= 0.6 is 58.0 Å². The number of nitrogens with one attached hydrogen (secondary N) is 3. The van der Waals surface area contributed by atoms with Crippen molar-refractivity contribution in [1.29, 1.82) is 0 Å². The van der Waals surface area contributed by atoms with Crippen molar-refractivity contribution in [2.24, 2.45) is 11.8 Å². The monoisotopic (exact) mass is 675 g/mol. The van der Waals surface area contributed by atoms with Crippen LogP contribution in [0, 0.1) is 23.5 Å². The van der Waals surface area contributed by atoms with E-state index in [-0.39, 0.29) is 27.9 Å². The number of amides is 3. The fraction of sp³-hybridized carbons (Fsp3) is 0.250. The molecule has 2 aliphatic rings. The number of carbonyl (C=O) groups excluding carboxylic acids is 3. The van der Waals surface area contributed by atoms with E-state index >= 15 is 4.39 Å². The van der Waals surface area contributed by atoms with Crippen LogP contribution in [0.4, 0.5) is 25.8 Å². The Morgan fingerprint density at radius 1 is 0.857 bits per heavy atom. The minimum atomic E-state index is -1.41. The third-order valence-electron chi connectivity index (χ3n) is 7.01. The molecule has 3 aromatic rings. The largest absolute Gasteiger partial charge is 0.381 e. The molecule has 0 aromatic heterocycles. The van der Waals surface area contributed by atoms with Crippen LogP contribution in [0.2, 0.25) is 15.1 Å². The Kier molecular flexibility index (Phi) is 8.90. The first-order valence-electron chi connectivity index (χ1n) is 12.5. The number of anilines is 3. The molecule has 1 saturated carbocycles. The zero-order valence-corrected chi connectivity index (χ0v) is 25.0. The van der Waals surface area contributed by atoms with Gasteiger partial charge in [0.25, 0.3) is 5.91 Å². The van der Waals surface area contributed by atoms with E-state index in [0.29, 0.717) is 23.6 Å². The van der Waals surface area contributed by atoms with Gasteiger partial charge < -0.3 is 20.7 Å². The Morgan fingerprint density at radius 2 is 1.60 bits per heavy atom. The summed E-state index contributed by atoms with van der Waals surface area (Å²) in [7, 11) is 0. The first kappa shape index (κ1) is 30.8. The van der Waals surface area contributed by atoms with Gasteiger partial charge in [-0.3, -0.25) is 14.4 Å². The smallest absolute Gasteiger partial charge is 0.257 e. The van der Waals surface area contributed by atoms with Crippen LogP contribution < -0.4 is 16.0 Å². The van der Waals surface area contributed by atoms with Crippen molar-refractivity contribution in [1.82, 2.24) is 0 Å². The Morgan fingerprint density at radius 3 is 2.29 bits per heavy atom. The number of ether oxygens (including phenoxy) is 1. The van der Waals surface area contributed by atoms with Crippen LogP contribution in [0.1, 0.15) is 28.3 Å². The second-order valence-corrected chi connectivity index (χ2v) is 12.4. The van der Waals surface area contributed by atoms with E-state index in [9.17, 15) is 18.8 Å². The van der Waals surface area contributed by atoms with Gasteiger partial charge in [-0.2, -0.15) is 0 Å². The van der Waals surface area contributed by atoms with Gasteiger partial charge in [0.05, 0.1) is 44.8 Å². The lowest BCUT2D eigenvalue weighted by Gasteiger charge is -2.14. The molecule has 0 bridgehead atoms. The van der Waals surface area contributed by atoms with Gasteiger partial charge in [-0.25, -0.2) is 8.78 Å². The molecular formula is C28H20Cl5F2N3O4. The van der Waals surface area contributed by atoms with Gasteiger partial charge >= 0.3 is 0 Å². The zero-order valence-electron chi connectivity index (χ0n) is 21.3. The van der Waals surface area contributed by atoms with E-state index in [4.69, 9.17) is 62.7 Å². The molecule has 7 nitrogen and oxygen atoms in total. The van der Waals surface area contributed by atoms with Gasteiger partial charge in [-0.05, 0) is 54.4 Å². The fourth-order valence-corrected chi connectivity index (χ4v) is 6.03. The van der Waals surface area contributed by atoms with Crippen LogP contribution in [-0.2, 0) is 14.3 Å². The molecule has 14 heteroatoms. The molecule has 0 spiro atoms. The van der Waals surface area contributed by atoms with Crippen LogP contribution in [0.25, 0.3) is 0 Å². The number of benzene rings is 3. The lowest BCUT2D eigenvalue weighted by molar-refractivity contribution is -0.120. The van der Waals surface area contributed by atoms with Gasteiger partial charge in [0.1, 0.15) is 15.8 Å². The number of alkyl halides is 2. The highest BCUT2D eigenvalue weighted by Gasteiger charge is 2.67. The minimum Gasteiger partial charge on any atom is -0.381 e. The summed E-state index contributed by atoms with van der Waals surface area (Å²) in [5.41, 5.74) is -0.416. The van der Waals surface area contributed by atoms with Crippen molar-refractivity contribution in [2.45, 2.75) is 16.7 Å². The average Bonchev–Trinajstić information content (AvgIpc) is 3.25. The predicted octanol–water partition coefficient (Wildman–Crippen LogP) is 7.68. The maximum Gasteiger partial charge on any atom is 0.257 e. The topological polar surface area (TPSA) is 96.5 Å². The first-order valence-corrected chi connectivity index (χ1v) is 14.4. The normalized spacial score (nSPS) is 20.6. The number of carbonyl (C=O) groups is 3. The molecule has 3 atom stereocenters. The van der Waals surface area contributed by atoms with Crippen molar-refractivity contribution in [3.8, 4) is 0 Å². The molecule has 1 aliphatic carbocycles. The molecule has 1 saturated heterocycles. The van der Waals surface area contributed by atoms with Crippen LogP contribution in [-0.4, -0.2) is 35.3 Å². The fourth-order valence-electron chi connectivity index (χ4n) is 4.69. The standard InChI is InChI=1S/C28H20Cl5F2N3O4/c29-16-4-2-14(36-27(41)22-21(28(22,32)33)12-1-3-17(30)18(31)9-12)10-15(16)26(40)37-20-6-5-19(34)24(23(20)35)38-25(39)13-7-8-42-11-13/h1-6,9-10,13,21-22H,7-8,11H2,(H,36,41)(H,37,40)(H,38,39)/t13?,21-,22?/m0/s1. The van der Waals surface area contributed by atoms with E-state index in [0.717, 1.165) is 12.1 Å². The summed E-state index contributed by atoms with van der Waals surface area (Å²) in [6, 6.07) is 10.8. The molecule has 3 amide bonds. The molecule has 0 radical (unpaired) electrons. The van der Waals surface area contributed by atoms with Crippen LogP contribution in [0.15, 0.2) is 48.5 Å². The molecule has 42 heavy (non-hydrogen) atoms. The summed E-state index contributed by atoms with van der Waals surface area (Å²) in [6.45, 7) is 0.515. The van der Waals surface area contributed by atoms with Crippen molar-refractivity contribution in [3.05, 3.63) is 86.4 Å². The Bertz CT molecular complexity index is 1600. The number of hydrogen-bond acceptors (Lipinski definition) is 4. The molecule has 3 N–H and O–H groups in total. The second kappa shape index (κ2) is 12.1. The predicted molar refractivity (Wildman–Crippen MR) is 159 cm³/mol. The summed E-state index contributed by atoms with van der Waals surface area (Å²) >= 11 is 31.1. The lowest BCUT2D eigenvalue weighted by atomic mass is 10.1. The summed E-state index contributed by atoms with van der Waals surface area (Å²) in [6.07, 6.45) is 0.421. The minimum absolute atomic E-state index is 0.00748. The van der Waals surface area contributed by atoms with Crippen LogP contribution in [0.3, 0.4) is 0 Å². The van der Waals surface area contributed by atoms with Crippen LogP contribution in [0.5, 0.6) is 0 Å². The summed E-state index contributed by atoms with van der Waals surface area (Å²) in [5.74, 6) is -6.14. The number of halogens is 7. The Hall–Kier alpha value is -2.66. The van der Waals surface area contributed by atoms with Gasteiger partial charge in [-0.1, -0.05) is 40.9 Å². The molecule has 2 fully saturated rings. The van der Waals surface area contributed by atoms with Gasteiger partial charge in [0.2, 0.25) is 11.8 Å². The Labute approximate surface area is 263 Å². The quantitative estimate of drug-likeness (QED) is 0.224. The second-order valence-electron chi connectivity index (χ2n) is 9.78. The number of rotatable bonds is 7. The van der Waals surface area contributed by atoms with E-state index in [2.05, 4.69) is 16.0 Å². The van der Waals surface area contributed by atoms with E-state index in [1.807, 2.05) is 0 Å². The molecule has 5 rings (SSSR count). The average molecular weight is 678 g/mol. The summed E-state index contributed by atoms with van der Waals surface area (Å²) in [5, 5.41) is 7.83. The maximum atomic E-state index is 15.2. The van der Waals surface area contributed by atoms with E-state index in [1.54, 1.807) is 18.2 Å². The zero-order chi connectivity index (χ0) is 30.3. The first-order chi connectivity index (χ1) is 19.9. The van der Waals surface area contributed by atoms with E-state index < -0.39 is 62.8 Å². The summed E-state index contributed by atoms with van der Waals surface area (Å²) in [4.78, 5) is 38.5. The molecule has 2 unspecified atom stereocenters. The third-order valence-corrected chi connectivity index (χ3v) is 9.01. The van der Waals surface area contributed by atoms with Crippen molar-refractivity contribution in [3.63, 3.8) is 0 Å². The highest BCUT2D eigenvalue weighted by Crippen LogP contribution is 2.65. The van der Waals surface area contributed by atoms with Gasteiger partial charge in [-0.15, -0.1) is 23.2 Å². The van der Waals surface area contributed by atoms with Crippen molar-refractivity contribution < 1.29 is 27.9 Å². The van der Waals surface area contributed by atoms with Gasteiger partial charge in [0.15, 0.2) is 5.82 Å². The maximum absolute atomic E-state index is 15.2. The van der Waals surface area contributed by atoms with Crippen molar-refractivity contribution >= 4 is 92.8 Å². The number of hydrogen-bond donors (Lipinski definition) is 3. The van der Waals surface area contributed by atoms with Gasteiger partial charge in [0, 0.05) is 18.2 Å². The molecule has 220 valence electrons.